The van der Waals surface area contributed by atoms with Crippen molar-refractivity contribution in [2.75, 3.05) is 0 Å². The van der Waals surface area contributed by atoms with Crippen LogP contribution in [0, 0.1) is 13.8 Å². The summed E-state index contributed by atoms with van der Waals surface area (Å²) in [5.41, 5.74) is 8.39. The smallest absolute Gasteiger partial charge is 0.0119 e. The summed E-state index contributed by atoms with van der Waals surface area (Å²) in [6.07, 6.45) is 4.78. The molecule has 0 saturated heterocycles. The Hall–Kier alpha value is -1.82. The van der Waals surface area contributed by atoms with Crippen molar-refractivity contribution in [3.05, 3.63) is 76.4 Å². The Morgan fingerprint density at radius 3 is 1.32 bits per heavy atom. The van der Waals surface area contributed by atoms with Gasteiger partial charge in [-0.05, 0) is 43.4 Å². The van der Waals surface area contributed by atoms with Crippen LogP contribution in [0.25, 0.3) is 5.57 Å². The molecule has 116 valence electrons. The molecule has 22 heavy (non-hydrogen) atoms. The predicted octanol–water partition coefficient (Wildman–Crippen LogP) is 6.71. The van der Waals surface area contributed by atoms with E-state index in [2.05, 4.69) is 76.2 Å². The van der Waals surface area contributed by atoms with Crippen LogP contribution >= 0.6 is 0 Å². The molecular weight excluding hydrogens is 264 g/mol. The molecular formula is C22H28. The fourth-order valence-corrected chi connectivity index (χ4v) is 2.99. The third-order valence-corrected chi connectivity index (χ3v) is 4.14. The first kappa shape index (κ1) is 16.5. The van der Waals surface area contributed by atoms with Crippen molar-refractivity contribution in [2.24, 2.45) is 0 Å². The summed E-state index contributed by atoms with van der Waals surface area (Å²) in [6, 6.07) is 18.0. The number of hydrogen-bond donors (Lipinski definition) is 0. The molecule has 0 amide bonds. The zero-order valence-corrected chi connectivity index (χ0v) is 14.4. The van der Waals surface area contributed by atoms with Gasteiger partial charge < -0.3 is 0 Å². The third kappa shape index (κ3) is 4.10. The minimum atomic E-state index is 1.19. The monoisotopic (exact) mass is 292 g/mol. The van der Waals surface area contributed by atoms with Crippen molar-refractivity contribution in [3.63, 3.8) is 0 Å². The summed E-state index contributed by atoms with van der Waals surface area (Å²) in [6.45, 7) is 8.85. The van der Waals surface area contributed by atoms with E-state index < -0.39 is 0 Å². The molecule has 0 radical (unpaired) electrons. The van der Waals surface area contributed by atoms with Crippen molar-refractivity contribution in [1.82, 2.24) is 0 Å². The molecule has 0 saturated carbocycles. The second-order valence-corrected chi connectivity index (χ2v) is 6.21. The number of aryl methyl sites for hydroxylation is 2. The van der Waals surface area contributed by atoms with E-state index in [-0.39, 0.29) is 0 Å². The molecule has 2 aromatic carbocycles. The van der Waals surface area contributed by atoms with Gasteiger partial charge in [-0.1, -0.05) is 91.9 Å². The van der Waals surface area contributed by atoms with Crippen LogP contribution in [0.2, 0.25) is 0 Å². The first-order valence-corrected chi connectivity index (χ1v) is 8.51. The second kappa shape index (κ2) is 7.98. The zero-order chi connectivity index (χ0) is 15.9. The normalized spacial score (nSPS) is 10.5. The van der Waals surface area contributed by atoms with Gasteiger partial charge in [0.15, 0.2) is 0 Å². The van der Waals surface area contributed by atoms with Crippen LogP contribution in [-0.4, -0.2) is 0 Å². The fourth-order valence-electron chi connectivity index (χ4n) is 2.99. The van der Waals surface area contributed by atoms with E-state index >= 15 is 0 Å². The zero-order valence-electron chi connectivity index (χ0n) is 14.4. The molecule has 0 fully saturated rings. The SMILES string of the molecule is CCCC(CCC)=C(c1ccc(C)cc1)c1ccc(C)cc1. The van der Waals surface area contributed by atoms with Crippen molar-refractivity contribution in [2.45, 2.75) is 53.4 Å². The maximum Gasteiger partial charge on any atom is -0.0119 e. The standard InChI is InChI=1S/C22H28/c1-5-7-19(8-6-2)22(20-13-9-17(3)10-14-20)21-15-11-18(4)12-16-21/h9-16H,5-8H2,1-4H3. The molecule has 0 heterocycles. The van der Waals surface area contributed by atoms with Crippen LogP contribution in [0.4, 0.5) is 0 Å². The van der Waals surface area contributed by atoms with Crippen molar-refractivity contribution in [1.29, 1.82) is 0 Å². The Balaban J connectivity index is 2.59. The van der Waals surface area contributed by atoms with Gasteiger partial charge >= 0.3 is 0 Å². The van der Waals surface area contributed by atoms with Gasteiger partial charge in [-0.15, -0.1) is 0 Å². The van der Waals surface area contributed by atoms with E-state index in [9.17, 15) is 0 Å². The van der Waals surface area contributed by atoms with E-state index in [0.717, 1.165) is 0 Å². The largest absolute Gasteiger partial charge is 0.0651 e. The summed E-state index contributed by atoms with van der Waals surface area (Å²) < 4.78 is 0. The van der Waals surface area contributed by atoms with Crippen molar-refractivity contribution in [3.8, 4) is 0 Å². The molecule has 0 heteroatoms. The average molecular weight is 292 g/mol. The number of rotatable bonds is 6. The summed E-state index contributed by atoms with van der Waals surface area (Å²) in [7, 11) is 0. The Bertz CT molecular complexity index is 557. The summed E-state index contributed by atoms with van der Waals surface area (Å²) in [5.74, 6) is 0. The highest BCUT2D eigenvalue weighted by Crippen LogP contribution is 2.32. The lowest BCUT2D eigenvalue weighted by atomic mass is 9.88. The Kier molecular flexibility index (Phi) is 6.00. The molecule has 0 aromatic heterocycles. The lowest BCUT2D eigenvalue weighted by molar-refractivity contribution is 0.806. The van der Waals surface area contributed by atoms with E-state index in [0.29, 0.717) is 0 Å². The molecule has 0 aliphatic heterocycles. The summed E-state index contributed by atoms with van der Waals surface area (Å²) >= 11 is 0. The molecule has 0 spiro atoms. The van der Waals surface area contributed by atoms with Crippen LogP contribution in [0.3, 0.4) is 0 Å². The van der Waals surface area contributed by atoms with Gasteiger partial charge in [0.05, 0.1) is 0 Å². The lowest BCUT2D eigenvalue weighted by Crippen LogP contribution is -1.96. The first-order valence-electron chi connectivity index (χ1n) is 8.51. The lowest BCUT2D eigenvalue weighted by Gasteiger charge is -2.16. The molecule has 0 aliphatic rings. The summed E-state index contributed by atoms with van der Waals surface area (Å²) in [4.78, 5) is 0. The molecule has 2 rings (SSSR count). The van der Waals surface area contributed by atoms with E-state index in [1.165, 1.54) is 53.5 Å². The predicted molar refractivity (Wildman–Crippen MR) is 98.2 cm³/mol. The van der Waals surface area contributed by atoms with Gasteiger partial charge in [0, 0.05) is 0 Å². The van der Waals surface area contributed by atoms with Gasteiger partial charge in [-0.3, -0.25) is 0 Å². The van der Waals surface area contributed by atoms with Gasteiger partial charge in [0.2, 0.25) is 0 Å². The number of hydrogen-bond acceptors (Lipinski definition) is 0. The van der Waals surface area contributed by atoms with Crippen molar-refractivity contribution >= 4 is 5.57 Å². The molecule has 0 N–H and O–H groups in total. The Morgan fingerprint density at radius 1 is 0.636 bits per heavy atom. The first-order chi connectivity index (χ1) is 10.7. The highest BCUT2D eigenvalue weighted by Gasteiger charge is 2.11. The highest BCUT2D eigenvalue weighted by molar-refractivity contribution is 5.82. The Labute approximate surface area is 135 Å². The van der Waals surface area contributed by atoms with Crippen LogP contribution in [0.15, 0.2) is 54.1 Å². The van der Waals surface area contributed by atoms with Crippen LogP contribution < -0.4 is 0 Å². The van der Waals surface area contributed by atoms with Gasteiger partial charge in [-0.2, -0.15) is 0 Å². The van der Waals surface area contributed by atoms with Crippen molar-refractivity contribution < 1.29 is 0 Å². The maximum atomic E-state index is 2.28. The topological polar surface area (TPSA) is 0 Å². The quantitative estimate of drug-likeness (QED) is 0.555. The number of allylic oxidation sites excluding steroid dienone is 1. The minimum absolute atomic E-state index is 1.19. The molecule has 0 aliphatic carbocycles. The van der Waals surface area contributed by atoms with E-state index in [1.54, 1.807) is 5.57 Å². The fraction of sp³-hybridized carbons (Fsp3) is 0.364. The third-order valence-electron chi connectivity index (χ3n) is 4.14. The minimum Gasteiger partial charge on any atom is -0.0651 e. The number of benzene rings is 2. The van der Waals surface area contributed by atoms with Gasteiger partial charge in [0.25, 0.3) is 0 Å². The van der Waals surface area contributed by atoms with Crippen LogP contribution in [0.1, 0.15) is 61.8 Å². The average Bonchev–Trinajstić information content (AvgIpc) is 2.52. The Morgan fingerprint density at radius 2 is 1.00 bits per heavy atom. The van der Waals surface area contributed by atoms with E-state index in [4.69, 9.17) is 0 Å². The maximum absolute atomic E-state index is 2.28. The highest BCUT2D eigenvalue weighted by atomic mass is 14.2. The summed E-state index contributed by atoms with van der Waals surface area (Å²) in [5, 5.41) is 0. The van der Waals surface area contributed by atoms with E-state index in [1.807, 2.05) is 0 Å². The molecule has 0 bridgehead atoms. The van der Waals surface area contributed by atoms with Gasteiger partial charge in [-0.25, -0.2) is 0 Å². The van der Waals surface area contributed by atoms with Crippen LogP contribution in [0.5, 0.6) is 0 Å². The molecule has 0 unspecified atom stereocenters. The molecule has 0 atom stereocenters. The molecule has 0 nitrogen and oxygen atoms in total. The second-order valence-electron chi connectivity index (χ2n) is 6.21. The van der Waals surface area contributed by atoms with Gasteiger partial charge in [0.1, 0.15) is 0 Å². The van der Waals surface area contributed by atoms with Crippen LogP contribution in [-0.2, 0) is 0 Å². The molecule has 2 aromatic rings.